The molecule has 122 valence electrons. The predicted octanol–water partition coefficient (Wildman–Crippen LogP) is 3.57. The van der Waals surface area contributed by atoms with E-state index in [0.717, 1.165) is 22.5 Å². The summed E-state index contributed by atoms with van der Waals surface area (Å²) in [7, 11) is 0. The molecule has 0 N–H and O–H groups in total. The zero-order valence-electron chi connectivity index (χ0n) is 13.6. The summed E-state index contributed by atoms with van der Waals surface area (Å²) in [5.74, 6) is 0.892. The topological polar surface area (TPSA) is 11.3 Å². The molecule has 0 amide bonds. The second kappa shape index (κ2) is 8.08. The third-order valence-corrected chi connectivity index (χ3v) is 4.10. The largest absolute Gasteiger partial charge is 1.00 e. The standard InChI is InChI=1S/C23H17O.HI/c1-4-10-18(11-5-1)21-16-17-24-23(20-14-8-3-9-15-20)22(21)19-12-6-2-7-13-19;/h1-17H;1H/q+1;/p-1. The van der Waals surface area contributed by atoms with Crippen molar-refractivity contribution in [2.45, 2.75) is 0 Å². The highest BCUT2D eigenvalue weighted by Crippen LogP contribution is 2.39. The minimum absolute atomic E-state index is 0. The van der Waals surface area contributed by atoms with E-state index < -0.39 is 0 Å². The van der Waals surface area contributed by atoms with Crippen molar-refractivity contribution in [3.63, 3.8) is 0 Å². The Morgan fingerprint density at radius 2 is 0.960 bits per heavy atom. The lowest BCUT2D eigenvalue weighted by molar-refractivity contribution is -0.00000500. The Hall–Kier alpha value is -2.46. The molecule has 0 unspecified atom stereocenters. The summed E-state index contributed by atoms with van der Waals surface area (Å²) in [5.41, 5.74) is 5.71. The van der Waals surface area contributed by atoms with E-state index in [9.17, 15) is 0 Å². The number of benzene rings is 3. The lowest BCUT2D eigenvalue weighted by Gasteiger charge is -2.08. The fourth-order valence-corrected chi connectivity index (χ4v) is 2.99. The summed E-state index contributed by atoms with van der Waals surface area (Å²) in [4.78, 5) is 0. The van der Waals surface area contributed by atoms with E-state index in [1.165, 1.54) is 11.1 Å². The summed E-state index contributed by atoms with van der Waals surface area (Å²) >= 11 is 0. The van der Waals surface area contributed by atoms with Gasteiger partial charge in [-0.15, -0.1) is 0 Å². The van der Waals surface area contributed by atoms with Crippen LogP contribution in [-0.2, 0) is 0 Å². The van der Waals surface area contributed by atoms with Crippen LogP contribution in [0.1, 0.15) is 0 Å². The SMILES string of the molecule is [I-].c1ccc(-c2cc[o+]c(-c3ccccc3)c2-c2ccccc2)cc1. The van der Waals surface area contributed by atoms with Gasteiger partial charge in [-0.2, -0.15) is 0 Å². The maximum absolute atomic E-state index is 5.96. The van der Waals surface area contributed by atoms with Gasteiger partial charge in [0.25, 0.3) is 0 Å². The monoisotopic (exact) mass is 436 g/mol. The summed E-state index contributed by atoms with van der Waals surface area (Å²) in [6.07, 6.45) is 1.77. The van der Waals surface area contributed by atoms with E-state index in [4.69, 9.17) is 4.42 Å². The predicted molar refractivity (Wildman–Crippen MR) is 99.4 cm³/mol. The van der Waals surface area contributed by atoms with Crippen molar-refractivity contribution in [2.24, 2.45) is 0 Å². The Labute approximate surface area is 165 Å². The van der Waals surface area contributed by atoms with Gasteiger partial charge in [-0.05, 0) is 23.3 Å². The molecular weight excluding hydrogens is 419 g/mol. The molecule has 1 aromatic heterocycles. The highest BCUT2D eigenvalue weighted by molar-refractivity contribution is 5.91. The lowest BCUT2D eigenvalue weighted by atomic mass is 9.92. The van der Waals surface area contributed by atoms with Crippen molar-refractivity contribution in [1.29, 1.82) is 0 Å². The molecule has 0 aliphatic rings. The molecule has 0 aliphatic heterocycles. The van der Waals surface area contributed by atoms with Gasteiger partial charge in [0.15, 0.2) is 0 Å². The number of hydrogen-bond acceptors (Lipinski definition) is 0. The first-order valence-electron chi connectivity index (χ1n) is 8.04. The molecule has 1 heterocycles. The van der Waals surface area contributed by atoms with Gasteiger partial charge < -0.3 is 24.0 Å². The van der Waals surface area contributed by atoms with Crippen LogP contribution in [0.15, 0.2) is 108 Å². The van der Waals surface area contributed by atoms with E-state index in [1.807, 2.05) is 36.4 Å². The van der Waals surface area contributed by atoms with E-state index in [0.29, 0.717) is 0 Å². The minimum Gasteiger partial charge on any atom is -1.00 e. The van der Waals surface area contributed by atoms with Gasteiger partial charge in [0.1, 0.15) is 0 Å². The van der Waals surface area contributed by atoms with Gasteiger partial charge in [-0.3, -0.25) is 0 Å². The molecule has 1 nitrogen and oxygen atoms in total. The second-order valence-electron chi connectivity index (χ2n) is 5.64. The van der Waals surface area contributed by atoms with Gasteiger partial charge in [-0.1, -0.05) is 78.9 Å². The van der Waals surface area contributed by atoms with E-state index in [2.05, 4.69) is 60.7 Å². The van der Waals surface area contributed by atoms with Gasteiger partial charge in [-0.25, -0.2) is 4.42 Å². The van der Waals surface area contributed by atoms with Crippen LogP contribution in [0.2, 0.25) is 0 Å². The Morgan fingerprint density at radius 3 is 1.52 bits per heavy atom. The van der Waals surface area contributed by atoms with Crippen LogP contribution in [0.4, 0.5) is 0 Å². The fraction of sp³-hybridized carbons (Fsp3) is 0. The van der Waals surface area contributed by atoms with Crippen LogP contribution in [0.25, 0.3) is 33.6 Å². The van der Waals surface area contributed by atoms with Crippen LogP contribution in [0, 0.1) is 0 Å². The van der Waals surface area contributed by atoms with Crippen LogP contribution in [0.5, 0.6) is 0 Å². The number of rotatable bonds is 3. The maximum Gasteiger partial charge on any atom is 0.368 e. The lowest BCUT2D eigenvalue weighted by Crippen LogP contribution is -3.00. The van der Waals surface area contributed by atoms with Crippen molar-refractivity contribution in [3.05, 3.63) is 103 Å². The van der Waals surface area contributed by atoms with Crippen molar-refractivity contribution in [2.75, 3.05) is 0 Å². The third-order valence-electron chi connectivity index (χ3n) is 4.10. The summed E-state index contributed by atoms with van der Waals surface area (Å²) in [5, 5.41) is 0. The molecule has 0 atom stereocenters. The molecule has 0 saturated heterocycles. The van der Waals surface area contributed by atoms with E-state index >= 15 is 0 Å². The second-order valence-corrected chi connectivity index (χ2v) is 5.64. The molecule has 25 heavy (non-hydrogen) atoms. The average Bonchev–Trinajstić information content (AvgIpc) is 2.69. The Bertz CT molecular complexity index is 878. The number of hydrogen-bond donors (Lipinski definition) is 0. The van der Waals surface area contributed by atoms with Crippen molar-refractivity contribution in [3.8, 4) is 33.6 Å². The maximum atomic E-state index is 5.96. The summed E-state index contributed by atoms with van der Waals surface area (Å²) in [6, 6.07) is 33.2. The Kier molecular flexibility index (Phi) is 5.61. The van der Waals surface area contributed by atoms with Gasteiger partial charge >= 0.3 is 12.0 Å². The number of halogens is 1. The zero-order chi connectivity index (χ0) is 16.2. The smallest absolute Gasteiger partial charge is 0.368 e. The van der Waals surface area contributed by atoms with Crippen LogP contribution < -0.4 is 24.0 Å². The van der Waals surface area contributed by atoms with Gasteiger partial charge in [0, 0.05) is 11.6 Å². The molecule has 0 saturated carbocycles. The quantitative estimate of drug-likeness (QED) is 0.353. The molecule has 0 bridgehead atoms. The highest BCUT2D eigenvalue weighted by Gasteiger charge is 2.23. The first kappa shape index (κ1) is 17.4. The molecule has 0 radical (unpaired) electrons. The van der Waals surface area contributed by atoms with Crippen LogP contribution in [0.3, 0.4) is 0 Å². The molecule has 0 fully saturated rings. The zero-order valence-corrected chi connectivity index (χ0v) is 15.8. The van der Waals surface area contributed by atoms with Crippen LogP contribution in [-0.4, -0.2) is 0 Å². The first-order valence-corrected chi connectivity index (χ1v) is 8.04. The summed E-state index contributed by atoms with van der Waals surface area (Å²) in [6.45, 7) is 0. The summed E-state index contributed by atoms with van der Waals surface area (Å²) < 4.78 is 5.96. The third kappa shape index (κ3) is 3.64. The molecule has 4 rings (SSSR count). The molecular formula is C23H17IO. The van der Waals surface area contributed by atoms with Gasteiger partial charge in [0.2, 0.25) is 0 Å². The molecule has 4 aromatic rings. The van der Waals surface area contributed by atoms with Crippen LogP contribution >= 0.6 is 0 Å². The Balaban J connectivity index is 0.00000182. The van der Waals surface area contributed by atoms with E-state index in [1.54, 1.807) is 6.26 Å². The minimum atomic E-state index is 0. The average molecular weight is 436 g/mol. The van der Waals surface area contributed by atoms with Gasteiger partial charge in [0.05, 0.1) is 11.1 Å². The molecule has 0 spiro atoms. The first-order chi connectivity index (χ1) is 11.9. The molecule has 0 aliphatic carbocycles. The van der Waals surface area contributed by atoms with Crippen molar-refractivity contribution >= 4 is 0 Å². The fourth-order valence-electron chi connectivity index (χ4n) is 2.99. The van der Waals surface area contributed by atoms with Crippen molar-refractivity contribution < 1.29 is 28.4 Å². The Morgan fingerprint density at radius 1 is 0.480 bits per heavy atom. The molecule has 2 heteroatoms. The highest BCUT2D eigenvalue weighted by atomic mass is 127. The normalized spacial score (nSPS) is 10.1. The molecule has 3 aromatic carbocycles. The van der Waals surface area contributed by atoms with E-state index in [-0.39, 0.29) is 24.0 Å². The van der Waals surface area contributed by atoms with Crippen molar-refractivity contribution in [1.82, 2.24) is 0 Å².